The lowest BCUT2D eigenvalue weighted by Crippen LogP contribution is -2.47. The highest BCUT2D eigenvalue weighted by Crippen LogP contribution is 2.41. The van der Waals surface area contributed by atoms with E-state index in [-0.39, 0.29) is 11.6 Å². The zero-order valence-corrected chi connectivity index (χ0v) is 10.2. The number of hydrogen-bond donors (Lipinski definition) is 2. The van der Waals surface area contributed by atoms with Gasteiger partial charge in [0.15, 0.2) is 0 Å². The van der Waals surface area contributed by atoms with Crippen LogP contribution in [0.5, 0.6) is 0 Å². The summed E-state index contributed by atoms with van der Waals surface area (Å²) in [5.41, 5.74) is 3.49. The first-order valence-electron chi connectivity index (χ1n) is 6.18. The molecule has 1 aromatic heterocycles. The predicted octanol–water partition coefficient (Wildman–Crippen LogP) is 1.33. The van der Waals surface area contributed by atoms with Crippen LogP contribution in [0.25, 0.3) is 0 Å². The third-order valence-electron chi connectivity index (χ3n) is 3.45. The smallest absolute Gasteiger partial charge is 0.0937 e. The molecule has 1 aliphatic rings. The van der Waals surface area contributed by atoms with E-state index in [4.69, 9.17) is 10.6 Å². The van der Waals surface area contributed by atoms with Gasteiger partial charge >= 0.3 is 0 Å². The highest BCUT2D eigenvalue weighted by Gasteiger charge is 2.43. The van der Waals surface area contributed by atoms with E-state index in [1.54, 1.807) is 18.6 Å². The van der Waals surface area contributed by atoms with Gasteiger partial charge in [0.05, 0.1) is 23.5 Å². The van der Waals surface area contributed by atoms with Gasteiger partial charge in [-0.3, -0.25) is 15.8 Å². The second kappa shape index (κ2) is 5.53. The number of nitrogens with zero attached hydrogens (tertiary/aromatic N) is 2. The van der Waals surface area contributed by atoms with Crippen LogP contribution < -0.4 is 11.3 Å². The van der Waals surface area contributed by atoms with E-state index in [1.807, 2.05) is 6.92 Å². The third-order valence-corrected chi connectivity index (χ3v) is 3.45. The monoisotopic (exact) mass is 236 g/mol. The van der Waals surface area contributed by atoms with Gasteiger partial charge in [-0.2, -0.15) is 0 Å². The molecule has 1 aromatic rings. The normalized spacial score (nSPS) is 20.4. The lowest BCUT2D eigenvalue weighted by molar-refractivity contribution is -0.0637. The van der Waals surface area contributed by atoms with Crippen molar-refractivity contribution < 1.29 is 4.74 Å². The van der Waals surface area contributed by atoms with E-state index >= 15 is 0 Å². The molecule has 5 heteroatoms. The molecule has 0 saturated heterocycles. The van der Waals surface area contributed by atoms with Crippen molar-refractivity contribution in [3.63, 3.8) is 0 Å². The Morgan fingerprint density at radius 3 is 2.76 bits per heavy atom. The van der Waals surface area contributed by atoms with Crippen LogP contribution in [0.4, 0.5) is 0 Å². The zero-order valence-electron chi connectivity index (χ0n) is 10.2. The largest absolute Gasteiger partial charge is 0.373 e. The van der Waals surface area contributed by atoms with Crippen molar-refractivity contribution in [2.24, 2.45) is 5.84 Å². The van der Waals surface area contributed by atoms with Crippen LogP contribution >= 0.6 is 0 Å². The Hall–Kier alpha value is -1.04. The molecule has 0 amide bonds. The predicted molar refractivity (Wildman–Crippen MR) is 64.9 cm³/mol. The molecule has 0 spiro atoms. The SMILES string of the molecule is CCOC1(C(NN)c2cnccn2)CCCC1. The fraction of sp³-hybridized carbons (Fsp3) is 0.667. The molecule has 1 saturated carbocycles. The van der Waals surface area contributed by atoms with Crippen LogP contribution in [0.2, 0.25) is 0 Å². The van der Waals surface area contributed by atoms with Crippen molar-refractivity contribution in [1.29, 1.82) is 0 Å². The zero-order chi connectivity index (χ0) is 12.1. The average molecular weight is 236 g/mol. The number of hydrazine groups is 1. The molecule has 5 nitrogen and oxygen atoms in total. The van der Waals surface area contributed by atoms with Gasteiger partial charge < -0.3 is 4.74 Å². The van der Waals surface area contributed by atoms with Crippen molar-refractivity contribution in [1.82, 2.24) is 15.4 Å². The molecule has 17 heavy (non-hydrogen) atoms. The summed E-state index contributed by atoms with van der Waals surface area (Å²) in [6.45, 7) is 2.71. The van der Waals surface area contributed by atoms with Crippen molar-refractivity contribution >= 4 is 0 Å². The van der Waals surface area contributed by atoms with Gasteiger partial charge in [0.1, 0.15) is 0 Å². The minimum absolute atomic E-state index is 0.0846. The molecule has 1 atom stereocenters. The maximum absolute atomic E-state index is 5.99. The molecule has 94 valence electrons. The van der Waals surface area contributed by atoms with Gasteiger partial charge in [-0.05, 0) is 19.8 Å². The molecular formula is C12H20N4O. The van der Waals surface area contributed by atoms with Gasteiger partial charge in [0.25, 0.3) is 0 Å². The summed E-state index contributed by atoms with van der Waals surface area (Å²) < 4.78 is 5.99. The van der Waals surface area contributed by atoms with Gasteiger partial charge in [0, 0.05) is 19.0 Å². The summed E-state index contributed by atoms with van der Waals surface area (Å²) in [6.07, 6.45) is 9.51. The maximum Gasteiger partial charge on any atom is 0.0937 e. The molecule has 0 bridgehead atoms. The lowest BCUT2D eigenvalue weighted by Gasteiger charge is -2.36. The van der Waals surface area contributed by atoms with Crippen LogP contribution in [-0.4, -0.2) is 22.2 Å². The summed E-state index contributed by atoms with van der Waals surface area (Å²) in [5.74, 6) is 5.70. The van der Waals surface area contributed by atoms with E-state index in [0.717, 1.165) is 18.5 Å². The Labute approximate surface area is 102 Å². The summed E-state index contributed by atoms with van der Waals surface area (Å²) in [7, 11) is 0. The van der Waals surface area contributed by atoms with E-state index < -0.39 is 0 Å². The fourth-order valence-electron chi connectivity index (χ4n) is 2.74. The van der Waals surface area contributed by atoms with E-state index in [2.05, 4.69) is 15.4 Å². The third kappa shape index (κ3) is 2.46. The minimum Gasteiger partial charge on any atom is -0.373 e. The molecule has 1 aliphatic carbocycles. The number of nitrogens with one attached hydrogen (secondary N) is 1. The van der Waals surface area contributed by atoms with Crippen LogP contribution in [0.3, 0.4) is 0 Å². The Morgan fingerprint density at radius 2 is 2.24 bits per heavy atom. The van der Waals surface area contributed by atoms with E-state index in [9.17, 15) is 0 Å². The molecule has 1 fully saturated rings. The van der Waals surface area contributed by atoms with Gasteiger partial charge in [-0.1, -0.05) is 12.8 Å². The first-order chi connectivity index (χ1) is 8.32. The second-order valence-electron chi connectivity index (χ2n) is 4.43. The van der Waals surface area contributed by atoms with Gasteiger partial charge in [-0.25, -0.2) is 5.43 Å². The molecule has 1 heterocycles. The molecule has 3 N–H and O–H groups in total. The fourth-order valence-corrected chi connectivity index (χ4v) is 2.74. The molecule has 0 aliphatic heterocycles. The summed E-state index contributed by atoms with van der Waals surface area (Å²) in [5, 5.41) is 0. The van der Waals surface area contributed by atoms with Crippen LogP contribution in [0.15, 0.2) is 18.6 Å². The second-order valence-corrected chi connectivity index (χ2v) is 4.43. The molecule has 2 rings (SSSR count). The topological polar surface area (TPSA) is 73.1 Å². The van der Waals surface area contributed by atoms with Crippen molar-refractivity contribution in [2.45, 2.75) is 44.2 Å². The van der Waals surface area contributed by atoms with Crippen molar-refractivity contribution in [3.05, 3.63) is 24.3 Å². The summed E-state index contributed by atoms with van der Waals surface area (Å²) >= 11 is 0. The number of hydrogen-bond acceptors (Lipinski definition) is 5. The molecule has 0 radical (unpaired) electrons. The lowest BCUT2D eigenvalue weighted by atomic mass is 9.90. The average Bonchev–Trinajstić information content (AvgIpc) is 2.81. The van der Waals surface area contributed by atoms with E-state index in [0.29, 0.717) is 6.61 Å². The van der Waals surface area contributed by atoms with Crippen molar-refractivity contribution in [3.8, 4) is 0 Å². The van der Waals surface area contributed by atoms with Gasteiger partial charge in [0.2, 0.25) is 0 Å². The molecular weight excluding hydrogens is 216 g/mol. The molecule has 1 unspecified atom stereocenters. The van der Waals surface area contributed by atoms with Gasteiger partial charge in [-0.15, -0.1) is 0 Å². The first-order valence-corrected chi connectivity index (χ1v) is 6.18. The quantitative estimate of drug-likeness (QED) is 0.596. The number of aromatic nitrogens is 2. The Kier molecular flexibility index (Phi) is 4.04. The molecule has 0 aromatic carbocycles. The van der Waals surface area contributed by atoms with E-state index in [1.165, 1.54) is 12.8 Å². The van der Waals surface area contributed by atoms with Crippen LogP contribution in [0.1, 0.15) is 44.3 Å². The first kappa shape index (κ1) is 12.4. The Bertz CT molecular complexity index is 338. The number of ether oxygens (including phenoxy) is 1. The minimum atomic E-state index is -0.223. The standard InChI is InChI=1S/C12H20N4O/c1-2-17-12(5-3-4-6-12)11(16-13)10-9-14-7-8-15-10/h7-9,11,16H,2-6,13H2,1H3. The van der Waals surface area contributed by atoms with Crippen LogP contribution in [-0.2, 0) is 4.74 Å². The Balaban J connectivity index is 2.26. The summed E-state index contributed by atoms with van der Waals surface area (Å²) in [6, 6.07) is -0.0846. The van der Waals surface area contributed by atoms with Crippen molar-refractivity contribution in [2.75, 3.05) is 6.61 Å². The number of nitrogens with two attached hydrogens (primary N) is 1. The maximum atomic E-state index is 5.99. The number of rotatable bonds is 5. The highest BCUT2D eigenvalue weighted by atomic mass is 16.5. The highest BCUT2D eigenvalue weighted by molar-refractivity contribution is 5.11. The Morgan fingerprint density at radius 1 is 1.47 bits per heavy atom. The summed E-state index contributed by atoms with van der Waals surface area (Å²) in [4.78, 5) is 8.44. The van der Waals surface area contributed by atoms with Crippen LogP contribution in [0, 0.1) is 0 Å².